The Bertz CT molecular complexity index is 1280. The number of thioether (sulfide) groups is 1. The highest BCUT2D eigenvalue weighted by molar-refractivity contribution is 7.99. The van der Waals surface area contributed by atoms with Gasteiger partial charge in [-0.1, -0.05) is 48.5 Å². The van der Waals surface area contributed by atoms with Gasteiger partial charge in [0.05, 0.1) is 18.6 Å². The molecule has 9 heteroatoms. The standard InChI is InChI=1S/C26H24ClN5O2S/c1-2-16-34-23-14-8-19(9-15-23)17-28-29-24(33)18-35-26-31-30-25(20-10-12-21(27)13-11-20)32(26)22-6-4-3-5-7-22/h3-15,17H,2,16,18H2,1H3,(H,29,33)/b28-17-. The first kappa shape index (κ1) is 24.5. The number of nitrogens with zero attached hydrogens (tertiary/aromatic N) is 4. The second-order valence-corrected chi connectivity index (χ2v) is 8.86. The lowest BCUT2D eigenvalue weighted by Crippen LogP contribution is -2.20. The number of carbonyl (C=O) groups excluding carboxylic acids is 1. The van der Waals surface area contributed by atoms with Crippen molar-refractivity contribution in [1.82, 2.24) is 20.2 Å². The van der Waals surface area contributed by atoms with Crippen LogP contribution in [0, 0.1) is 0 Å². The summed E-state index contributed by atoms with van der Waals surface area (Å²) in [5, 5.41) is 14.0. The summed E-state index contributed by atoms with van der Waals surface area (Å²) >= 11 is 7.33. The Morgan fingerprint density at radius 1 is 1.06 bits per heavy atom. The van der Waals surface area contributed by atoms with Gasteiger partial charge in [0.1, 0.15) is 5.75 Å². The Kier molecular flexibility index (Phi) is 8.53. The maximum Gasteiger partial charge on any atom is 0.250 e. The van der Waals surface area contributed by atoms with Crippen LogP contribution in [0.4, 0.5) is 0 Å². The van der Waals surface area contributed by atoms with E-state index in [0.717, 1.165) is 29.0 Å². The van der Waals surface area contributed by atoms with E-state index in [2.05, 4.69) is 27.6 Å². The first-order chi connectivity index (χ1) is 17.1. The molecule has 4 rings (SSSR count). The van der Waals surface area contributed by atoms with E-state index in [4.69, 9.17) is 16.3 Å². The van der Waals surface area contributed by atoms with E-state index in [-0.39, 0.29) is 11.7 Å². The first-order valence-corrected chi connectivity index (χ1v) is 12.4. The molecule has 0 atom stereocenters. The summed E-state index contributed by atoms with van der Waals surface area (Å²) in [6.07, 6.45) is 2.55. The monoisotopic (exact) mass is 505 g/mol. The zero-order valence-corrected chi connectivity index (χ0v) is 20.7. The van der Waals surface area contributed by atoms with Crippen LogP contribution in [0.3, 0.4) is 0 Å². The van der Waals surface area contributed by atoms with Gasteiger partial charge in [0.15, 0.2) is 11.0 Å². The van der Waals surface area contributed by atoms with Gasteiger partial charge in [0.2, 0.25) is 0 Å². The lowest BCUT2D eigenvalue weighted by atomic mass is 10.2. The van der Waals surface area contributed by atoms with E-state index in [1.165, 1.54) is 11.8 Å². The summed E-state index contributed by atoms with van der Waals surface area (Å²) in [7, 11) is 0. The summed E-state index contributed by atoms with van der Waals surface area (Å²) in [6, 6.07) is 24.7. The Labute approximate surface area is 213 Å². The van der Waals surface area contributed by atoms with Crippen molar-refractivity contribution >= 4 is 35.5 Å². The van der Waals surface area contributed by atoms with Gasteiger partial charge in [-0.2, -0.15) is 5.10 Å². The number of carbonyl (C=O) groups is 1. The largest absolute Gasteiger partial charge is 0.494 e. The summed E-state index contributed by atoms with van der Waals surface area (Å²) in [5.41, 5.74) is 5.19. The van der Waals surface area contributed by atoms with Crippen molar-refractivity contribution in [2.45, 2.75) is 18.5 Å². The molecule has 1 heterocycles. The molecule has 1 N–H and O–H groups in total. The van der Waals surface area contributed by atoms with E-state index in [1.54, 1.807) is 6.21 Å². The van der Waals surface area contributed by atoms with Gasteiger partial charge in [-0.3, -0.25) is 9.36 Å². The smallest absolute Gasteiger partial charge is 0.250 e. The first-order valence-electron chi connectivity index (χ1n) is 11.1. The van der Waals surface area contributed by atoms with Gasteiger partial charge in [-0.05, 0) is 72.6 Å². The van der Waals surface area contributed by atoms with Gasteiger partial charge >= 0.3 is 0 Å². The molecule has 178 valence electrons. The van der Waals surface area contributed by atoms with Crippen LogP contribution < -0.4 is 10.2 Å². The second kappa shape index (κ2) is 12.2. The fourth-order valence-electron chi connectivity index (χ4n) is 3.17. The number of nitrogens with one attached hydrogen (secondary N) is 1. The fraction of sp³-hybridized carbons (Fsp3) is 0.154. The van der Waals surface area contributed by atoms with Crippen molar-refractivity contribution < 1.29 is 9.53 Å². The minimum absolute atomic E-state index is 0.132. The zero-order chi connectivity index (χ0) is 24.5. The van der Waals surface area contributed by atoms with Crippen molar-refractivity contribution in [3.63, 3.8) is 0 Å². The van der Waals surface area contributed by atoms with E-state index in [1.807, 2.05) is 83.4 Å². The van der Waals surface area contributed by atoms with Crippen molar-refractivity contribution in [1.29, 1.82) is 0 Å². The molecule has 1 amide bonds. The highest BCUT2D eigenvalue weighted by Crippen LogP contribution is 2.28. The third kappa shape index (κ3) is 6.71. The minimum Gasteiger partial charge on any atom is -0.494 e. The van der Waals surface area contributed by atoms with Gasteiger partial charge < -0.3 is 4.74 Å². The third-order valence-corrected chi connectivity index (χ3v) is 6.02. The Hall–Kier alpha value is -3.62. The van der Waals surface area contributed by atoms with Gasteiger partial charge in [0, 0.05) is 16.3 Å². The van der Waals surface area contributed by atoms with Crippen LogP contribution in [0.1, 0.15) is 18.9 Å². The molecule has 0 unspecified atom stereocenters. The van der Waals surface area contributed by atoms with Crippen molar-refractivity contribution in [3.8, 4) is 22.8 Å². The third-order valence-electron chi connectivity index (χ3n) is 4.84. The van der Waals surface area contributed by atoms with Crippen LogP contribution in [0.15, 0.2) is 89.1 Å². The minimum atomic E-state index is -0.246. The van der Waals surface area contributed by atoms with Crippen LogP contribution in [0.2, 0.25) is 5.02 Å². The summed E-state index contributed by atoms with van der Waals surface area (Å²) < 4.78 is 7.49. The number of hydrazone groups is 1. The molecule has 0 radical (unpaired) electrons. The van der Waals surface area contributed by atoms with Gasteiger partial charge in [0.25, 0.3) is 5.91 Å². The molecule has 3 aromatic carbocycles. The van der Waals surface area contributed by atoms with E-state index in [0.29, 0.717) is 22.6 Å². The predicted molar refractivity (Wildman–Crippen MR) is 140 cm³/mol. The van der Waals surface area contributed by atoms with E-state index < -0.39 is 0 Å². The summed E-state index contributed by atoms with van der Waals surface area (Å²) in [5.74, 6) is 1.36. The number of hydrogen-bond acceptors (Lipinski definition) is 6. The lowest BCUT2D eigenvalue weighted by Gasteiger charge is -2.10. The van der Waals surface area contributed by atoms with Crippen molar-refractivity contribution in [2.75, 3.05) is 12.4 Å². The number of benzene rings is 3. The molecular formula is C26H24ClN5O2S. The Balaban J connectivity index is 1.41. The number of halogens is 1. The van der Waals surface area contributed by atoms with Crippen LogP contribution in [-0.4, -0.2) is 39.2 Å². The van der Waals surface area contributed by atoms with Crippen molar-refractivity contribution in [3.05, 3.63) is 89.4 Å². The van der Waals surface area contributed by atoms with E-state index >= 15 is 0 Å². The number of amides is 1. The van der Waals surface area contributed by atoms with Crippen LogP contribution in [0.25, 0.3) is 17.1 Å². The predicted octanol–water partition coefficient (Wildman–Crippen LogP) is 5.62. The SMILES string of the molecule is CCCOc1ccc(/C=N\NC(=O)CSc2nnc(-c3ccc(Cl)cc3)n2-c2ccccc2)cc1. The maximum atomic E-state index is 12.4. The number of aromatic nitrogens is 3. The molecule has 0 aliphatic rings. The Morgan fingerprint density at radius 2 is 1.80 bits per heavy atom. The molecule has 35 heavy (non-hydrogen) atoms. The Morgan fingerprint density at radius 3 is 2.51 bits per heavy atom. The van der Waals surface area contributed by atoms with Crippen LogP contribution in [0.5, 0.6) is 5.75 Å². The molecule has 0 spiro atoms. The molecule has 1 aromatic heterocycles. The zero-order valence-electron chi connectivity index (χ0n) is 19.1. The highest BCUT2D eigenvalue weighted by atomic mass is 35.5. The number of hydrogen-bond donors (Lipinski definition) is 1. The molecule has 4 aromatic rings. The molecule has 0 aliphatic heterocycles. The average Bonchev–Trinajstić information content (AvgIpc) is 3.32. The van der Waals surface area contributed by atoms with Gasteiger partial charge in [-0.15, -0.1) is 10.2 Å². The molecule has 0 aliphatic carbocycles. The maximum absolute atomic E-state index is 12.4. The number of para-hydroxylation sites is 1. The number of ether oxygens (including phenoxy) is 1. The fourth-order valence-corrected chi connectivity index (χ4v) is 4.04. The average molecular weight is 506 g/mol. The quantitative estimate of drug-likeness (QED) is 0.172. The molecule has 0 fully saturated rings. The summed E-state index contributed by atoms with van der Waals surface area (Å²) in [4.78, 5) is 12.4. The molecule has 7 nitrogen and oxygen atoms in total. The topological polar surface area (TPSA) is 81.4 Å². The highest BCUT2D eigenvalue weighted by Gasteiger charge is 2.17. The molecule has 0 saturated heterocycles. The molecule has 0 bridgehead atoms. The molecular weight excluding hydrogens is 482 g/mol. The van der Waals surface area contributed by atoms with Crippen molar-refractivity contribution in [2.24, 2.45) is 5.10 Å². The number of rotatable bonds is 10. The van der Waals surface area contributed by atoms with Crippen LogP contribution in [-0.2, 0) is 4.79 Å². The van der Waals surface area contributed by atoms with Gasteiger partial charge in [-0.25, -0.2) is 5.43 Å². The van der Waals surface area contributed by atoms with E-state index in [9.17, 15) is 4.79 Å². The lowest BCUT2D eigenvalue weighted by molar-refractivity contribution is -0.118. The normalized spacial score (nSPS) is 11.0. The molecule has 0 saturated carbocycles. The summed E-state index contributed by atoms with van der Waals surface area (Å²) in [6.45, 7) is 2.74. The second-order valence-electron chi connectivity index (χ2n) is 7.48. The van der Waals surface area contributed by atoms with Crippen LogP contribution >= 0.6 is 23.4 Å².